The molecule has 32 heavy (non-hydrogen) atoms. The number of para-hydroxylation sites is 1. The summed E-state index contributed by atoms with van der Waals surface area (Å²) in [5.41, 5.74) is 1.78. The van der Waals surface area contributed by atoms with Crippen molar-refractivity contribution in [3.8, 4) is 5.75 Å². The van der Waals surface area contributed by atoms with E-state index in [0.717, 1.165) is 16.5 Å². The SMILES string of the molecule is CC(C)Oc1ccc(S(=O)(=O)N2CCC(n3cc(CC(=O)O)c4ccccc43)CC2)cc1. The van der Waals surface area contributed by atoms with E-state index in [0.29, 0.717) is 31.7 Å². The summed E-state index contributed by atoms with van der Waals surface area (Å²) >= 11 is 0. The lowest BCUT2D eigenvalue weighted by Gasteiger charge is -2.32. The van der Waals surface area contributed by atoms with Crippen molar-refractivity contribution in [1.82, 2.24) is 8.87 Å². The Kier molecular flexibility index (Phi) is 6.26. The summed E-state index contributed by atoms with van der Waals surface area (Å²) < 4.78 is 35.5. The Labute approximate surface area is 188 Å². The van der Waals surface area contributed by atoms with Crippen LogP contribution in [0.2, 0.25) is 0 Å². The summed E-state index contributed by atoms with van der Waals surface area (Å²) in [6.45, 7) is 4.68. The van der Waals surface area contributed by atoms with Gasteiger partial charge in [0.05, 0.1) is 17.4 Å². The number of ether oxygens (including phenoxy) is 1. The molecule has 2 heterocycles. The zero-order valence-electron chi connectivity index (χ0n) is 18.3. The van der Waals surface area contributed by atoms with E-state index < -0.39 is 16.0 Å². The van der Waals surface area contributed by atoms with E-state index in [2.05, 4.69) is 4.57 Å². The Bertz CT molecular complexity index is 1210. The molecule has 0 unspecified atom stereocenters. The van der Waals surface area contributed by atoms with Crippen LogP contribution in [0.15, 0.2) is 59.6 Å². The highest BCUT2D eigenvalue weighted by Gasteiger charge is 2.30. The first-order chi connectivity index (χ1) is 15.3. The molecule has 0 aliphatic carbocycles. The van der Waals surface area contributed by atoms with Gasteiger partial charge >= 0.3 is 5.97 Å². The van der Waals surface area contributed by atoms with Gasteiger partial charge in [-0.1, -0.05) is 18.2 Å². The fraction of sp³-hybridized carbons (Fsp3) is 0.375. The first kappa shape index (κ1) is 22.4. The first-order valence-corrected chi connectivity index (χ1v) is 12.3. The summed E-state index contributed by atoms with van der Waals surface area (Å²) in [7, 11) is -3.58. The topological polar surface area (TPSA) is 88.8 Å². The van der Waals surface area contributed by atoms with Crippen molar-refractivity contribution < 1.29 is 23.1 Å². The summed E-state index contributed by atoms with van der Waals surface area (Å²) in [4.78, 5) is 11.5. The van der Waals surface area contributed by atoms with E-state index in [1.807, 2.05) is 44.3 Å². The van der Waals surface area contributed by atoms with Gasteiger partial charge in [0.1, 0.15) is 5.75 Å². The lowest BCUT2D eigenvalue weighted by Crippen LogP contribution is -2.38. The number of carboxylic acids is 1. The van der Waals surface area contributed by atoms with Crippen molar-refractivity contribution in [2.45, 2.75) is 50.2 Å². The largest absolute Gasteiger partial charge is 0.491 e. The molecule has 2 aromatic carbocycles. The lowest BCUT2D eigenvalue weighted by molar-refractivity contribution is -0.136. The highest BCUT2D eigenvalue weighted by molar-refractivity contribution is 7.89. The predicted octanol–water partition coefficient (Wildman–Crippen LogP) is 4.08. The summed E-state index contributed by atoms with van der Waals surface area (Å²) in [6.07, 6.45) is 3.24. The predicted molar refractivity (Wildman–Crippen MR) is 123 cm³/mol. The Balaban J connectivity index is 1.50. The Morgan fingerprint density at radius 2 is 1.75 bits per heavy atom. The van der Waals surface area contributed by atoms with E-state index in [4.69, 9.17) is 4.74 Å². The molecule has 8 heteroatoms. The average molecular weight is 457 g/mol. The van der Waals surface area contributed by atoms with Gasteiger partial charge in [0.25, 0.3) is 0 Å². The molecule has 0 spiro atoms. The van der Waals surface area contributed by atoms with Crippen LogP contribution in [0.5, 0.6) is 5.75 Å². The number of aromatic nitrogens is 1. The van der Waals surface area contributed by atoms with Gasteiger partial charge in [0.15, 0.2) is 0 Å². The van der Waals surface area contributed by atoms with Crippen LogP contribution in [0.4, 0.5) is 0 Å². The van der Waals surface area contributed by atoms with Gasteiger partial charge in [-0.3, -0.25) is 4.79 Å². The maximum Gasteiger partial charge on any atom is 0.307 e. The highest BCUT2D eigenvalue weighted by Crippen LogP contribution is 2.32. The molecule has 0 atom stereocenters. The molecular formula is C24H28N2O5S. The van der Waals surface area contributed by atoms with Crippen LogP contribution in [0.25, 0.3) is 10.9 Å². The van der Waals surface area contributed by atoms with Crippen molar-refractivity contribution >= 4 is 26.9 Å². The maximum absolute atomic E-state index is 13.1. The van der Waals surface area contributed by atoms with Crippen LogP contribution in [0.3, 0.4) is 0 Å². The van der Waals surface area contributed by atoms with E-state index in [9.17, 15) is 18.3 Å². The number of carboxylic acid groups (broad SMARTS) is 1. The third kappa shape index (κ3) is 4.52. The lowest BCUT2D eigenvalue weighted by atomic mass is 10.1. The molecule has 3 aromatic rings. The maximum atomic E-state index is 13.1. The highest BCUT2D eigenvalue weighted by atomic mass is 32.2. The second-order valence-electron chi connectivity index (χ2n) is 8.42. The molecule has 1 N–H and O–H groups in total. The Morgan fingerprint density at radius 3 is 2.38 bits per heavy atom. The van der Waals surface area contributed by atoms with Crippen molar-refractivity contribution in [1.29, 1.82) is 0 Å². The van der Waals surface area contributed by atoms with Gasteiger partial charge in [0, 0.05) is 36.2 Å². The smallest absolute Gasteiger partial charge is 0.307 e. The van der Waals surface area contributed by atoms with Crippen LogP contribution in [0.1, 0.15) is 38.3 Å². The van der Waals surface area contributed by atoms with E-state index in [1.54, 1.807) is 24.3 Å². The van der Waals surface area contributed by atoms with Crippen LogP contribution in [-0.2, 0) is 21.2 Å². The quantitative estimate of drug-likeness (QED) is 0.579. The molecule has 0 saturated carbocycles. The molecule has 0 bridgehead atoms. The van der Waals surface area contributed by atoms with Crippen molar-refractivity contribution in [3.63, 3.8) is 0 Å². The number of fused-ring (bicyclic) bond motifs is 1. The van der Waals surface area contributed by atoms with Crippen LogP contribution in [0, 0.1) is 0 Å². The molecule has 1 aliphatic heterocycles. The molecule has 1 fully saturated rings. The summed E-state index contributed by atoms with van der Waals surface area (Å²) in [5, 5.41) is 10.2. The van der Waals surface area contributed by atoms with Crippen molar-refractivity contribution in [2.75, 3.05) is 13.1 Å². The number of rotatable bonds is 7. The van der Waals surface area contributed by atoms with E-state index in [1.165, 1.54) is 4.31 Å². The molecule has 1 aromatic heterocycles. The molecule has 0 amide bonds. The molecule has 7 nitrogen and oxygen atoms in total. The minimum Gasteiger partial charge on any atom is -0.491 e. The van der Waals surface area contributed by atoms with Gasteiger partial charge in [-0.05, 0) is 62.6 Å². The molecule has 4 rings (SSSR count). The van der Waals surface area contributed by atoms with E-state index in [-0.39, 0.29) is 23.5 Å². The Hall–Kier alpha value is -2.84. The summed E-state index contributed by atoms with van der Waals surface area (Å²) in [5.74, 6) is -0.215. The van der Waals surface area contributed by atoms with Gasteiger partial charge in [-0.25, -0.2) is 8.42 Å². The molecule has 1 aliphatic rings. The molecular weight excluding hydrogens is 428 g/mol. The van der Waals surface area contributed by atoms with E-state index >= 15 is 0 Å². The van der Waals surface area contributed by atoms with Crippen LogP contribution in [-0.4, -0.2) is 47.6 Å². The standard InChI is InChI=1S/C24H28N2O5S/c1-17(2)31-20-7-9-21(10-8-20)32(29,30)25-13-11-19(12-14-25)26-16-18(15-24(27)28)22-5-3-4-6-23(22)26/h3-10,16-17,19H,11-15H2,1-2H3,(H,27,28). The Morgan fingerprint density at radius 1 is 1.09 bits per heavy atom. The zero-order chi connectivity index (χ0) is 22.9. The first-order valence-electron chi connectivity index (χ1n) is 10.8. The normalized spacial score (nSPS) is 16.0. The second kappa shape index (κ2) is 8.96. The van der Waals surface area contributed by atoms with Crippen molar-refractivity contribution in [3.05, 3.63) is 60.3 Å². The number of hydrogen-bond acceptors (Lipinski definition) is 4. The number of aliphatic carboxylic acids is 1. The summed E-state index contributed by atoms with van der Waals surface area (Å²) in [6, 6.07) is 14.5. The molecule has 170 valence electrons. The van der Waals surface area contributed by atoms with Gasteiger partial charge in [0.2, 0.25) is 10.0 Å². The molecule has 1 saturated heterocycles. The zero-order valence-corrected chi connectivity index (χ0v) is 19.1. The number of benzene rings is 2. The fourth-order valence-electron chi connectivity index (χ4n) is 4.36. The van der Waals surface area contributed by atoms with Gasteiger partial charge < -0.3 is 14.4 Å². The molecule has 0 radical (unpaired) electrons. The number of hydrogen-bond donors (Lipinski definition) is 1. The second-order valence-corrected chi connectivity index (χ2v) is 10.4. The fourth-order valence-corrected chi connectivity index (χ4v) is 5.83. The minimum atomic E-state index is -3.58. The number of carbonyl (C=O) groups is 1. The van der Waals surface area contributed by atoms with Crippen LogP contribution >= 0.6 is 0 Å². The third-order valence-corrected chi connectivity index (χ3v) is 7.73. The third-order valence-electron chi connectivity index (χ3n) is 5.81. The minimum absolute atomic E-state index is 0.0252. The van der Waals surface area contributed by atoms with Gasteiger partial charge in [-0.15, -0.1) is 0 Å². The number of sulfonamides is 1. The average Bonchev–Trinajstić information content (AvgIpc) is 3.12. The number of piperidine rings is 1. The van der Waals surface area contributed by atoms with Gasteiger partial charge in [-0.2, -0.15) is 4.31 Å². The monoisotopic (exact) mass is 456 g/mol. The number of nitrogens with zero attached hydrogens (tertiary/aromatic N) is 2. The van der Waals surface area contributed by atoms with Crippen LogP contribution < -0.4 is 4.74 Å². The van der Waals surface area contributed by atoms with Crippen molar-refractivity contribution in [2.24, 2.45) is 0 Å².